The number of pyridine rings is 1. The van der Waals surface area contributed by atoms with Crippen LogP contribution < -0.4 is 10.2 Å². The predicted molar refractivity (Wildman–Crippen MR) is 110 cm³/mol. The molecular formula is C22H22N4O3. The Morgan fingerprint density at radius 1 is 1.00 bits per heavy atom. The molecule has 0 spiro atoms. The molecule has 7 heteroatoms. The molecule has 0 saturated carbocycles. The van der Waals surface area contributed by atoms with Gasteiger partial charge in [0, 0.05) is 31.7 Å². The number of nitrogens with one attached hydrogen (secondary N) is 1. The molecule has 3 heterocycles. The summed E-state index contributed by atoms with van der Waals surface area (Å²) in [7, 11) is 0. The maximum Gasteiger partial charge on any atom is 0.289 e. The normalized spacial score (nSPS) is 14.0. The van der Waals surface area contributed by atoms with E-state index in [0.717, 1.165) is 11.3 Å². The molecule has 2 aromatic heterocycles. The standard InChI is InChI=1S/C22H22N4O3/c1-16-5-2-3-6-18(16)21(27)24-20-9-8-17(15-23-20)25-10-12-26(13-11-25)22(28)19-7-4-14-29-19/h2-9,14-15H,10-13H2,1H3,(H,23,24,27). The number of benzene rings is 1. The number of aryl methyl sites for hydroxylation is 1. The Bertz CT molecular complexity index is 991. The van der Waals surface area contributed by atoms with Crippen molar-refractivity contribution in [2.75, 3.05) is 36.4 Å². The average Bonchev–Trinajstić information content (AvgIpc) is 3.29. The van der Waals surface area contributed by atoms with Gasteiger partial charge in [-0.25, -0.2) is 4.98 Å². The molecular weight excluding hydrogens is 368 g/mol. The molecule has 1 aromatic carbocycles. The average molecular weight is 390 g/mol. The minimum Gasteiger partial charge on any atom is -0.459 e. The molecule has 1 saturated heterocycles. The second-order valence-electron chi connectivity index (χ2n) is 6.93. The quantitative estimate of drug-likeness (QED) is 0.740. The summed E-state index contributed by atoms with van der Waals surface area (Å²) in [6.45, 7) is 4.56. The van der Waals surface area contributed by atoms with Gasteiger partial charge in [-0.2, -0.15) is 0 Å². The minimum absolute atomic E-state index is 0.0814. The van der Waals surface area contributed by atoms with E-state index in [-0.39, 0.29) is 11.8 Å². The molecule has 2 amide bonds. The molecule has 0 atom stereocenters. The van der Waals surface area contributed by atoms with Gasteiger partial charge in [0.2, 0.25) is 0 Å². The summed E-state index contributed by atoms with van der Waals surface area (Å²) >= 11 is 0. The smallest absolute Gasteiger partial charge is 0.289 e. The molecule has 1 fully saturated rings. The van der Waals surface area contributed by atoms with Crippen LogP contribution in [0.25, 0.3) is 0 Å². The van der Waals surface area contributed by atoms with Crippen LogP contribution in [0.5, 0.6) is 0 Å². The first-order valence-corrected chi connectivity index (χ1v) is 9.52. The van der Waals surface area contributed by atoms with Gasteiger partial charge in [-0.15, -0.1) is 0 Å². The lowest BCUT2D eigenvalue weighted by Gasteiger charge is -2.35. The van der Waals surface area contributed by atoms with E-state index in [1.54, 1.807) is 35.4 Å². The lowest BCUT2D eigenvalue weighted by atomic mass is 10.1. The topological polar surface area (TPSA) is 78.7 Å². The number of carbonyl (C=O) groups is 2. The van der Waals surface area contributed by atoms with E-state index in [2.05, 4.69) is 15.2 Å². The minimum atomic E-state index is -0.173. The van der Waals surface area contributed by atoms with Crippen LogP contribution in [-0.4, -0.2) is 47.9 Å². The molecule has 1 aliphatic rings. The van der Waals surface area contributed by atoms with E-state index in [4.69, 9.17) is 4.42 Å². The first-order chi connectivity index (χ1) is 14.1. The summed E-state index contributed by atoms with van der Waals surface area (Å²) in [6, 6.07) is 14.6. The summed E-state index contributed by atoms with van der Waals surface area (Å²) in [5, 5.41) is 2.83. The fraction of sp³-hybridized carbons (Fsp3) is 0.227. The van der Waals surface area contributed by atoms with E-state index in [1.807, 2.05) is 31.2 Å². The summed E-state index contributed by atoms with van der Waals surface area (Å²) in [4.78, 5) is 33.1. The summed E-state index contributed by atoms with van der Waals surface area (Å²) < 4.78 is 5.19. The van der Waals surface area contributed by atoms with Crippen molar-refractivity contribution in [2.24, 2.45) is 0 Å². The third-order valence-corrected chi connectivity index (χ3v) is 5.04. The Morgan fingerprint density at radius 3 is 2.45 bits per heavy atom. The molecule has 7 nitrogen and oxygen atoms in total. The summed E-state index contributed by atoms with van der Waals surface area (Å²) in [5.41, 5.74) is 2.52. The molecule has 1 aliphatic heterocycles. The van der Waals surface area contributed by atoms with Crippen molar-refractivity contribution < 1.29 is 14.0 Å². The third-order valence-electron chi connectivity index (χ3n) is 5.04. The van der Waals surface area contributed by atoms with Crippen molar-refractivity contribution in [1.82, 2.24) is 9.88 Å². The highest BCUT2D eigenvalue weighted by Crippen LogP contribution is 2.19. The number of aromatic nitrogens is 1. The summed E-state index contributed by atoms with van der Waals surface area (Å²) in [5.74, 6) is 0.623. The maximum atomic E-state index is 12.4. The van der Waals surface area contributed by atoms with Gasteiger partial charge >= 0.3 is 0 Å². The lowest BCUT2D eigenvalue weighted by molar-refractivity contribution is 0.0714. The number of anilines is 2. The van der Waals surface area contributed by atoms with Crippen molar-refractivity contribution in [3.8, 4) is 0 Å². The highest BCUT2D eigenvalue weighted by molar-refractivity contribution is 6.04. The van der Waals surface area contributed by atoms with E-state index >= 15 is 0 Å². The Morgan fingerprint density at radius 2 is 1.79 bits per heavy atom. The second-order valence-corrected chi connectivity index (χ2v) is 6.93. The summed E-state index contributed by atoms with van der Waals surface area (Å²) in [6.07, 6.45) is 3.26. The molecule has 148 valence electrons. The Hall–Kier alpha value is -3.61. The number of carbonyl (C=O) groups excluding carboxylic acids is 2. The van der Waals surface area contributed by atoms with Gasteiger partial charge in [0.05, 0.1) is 18.1 Å². The maximum absolute atomic E-state index is 12.4. The van der Waals surface area contributed by atoms with E-state index in [0.29, 0.717) is 43.3 Å². The number of hydrogen-bond donors (Lipinski definition) is 1. The number of amides is 2. The number of furan rings is 1. The van der Waals surface area contributed by atoms with Crippen molar-refractivity contribution >= 4 is 23.3 Å². The van der Waals surface area contributed by atoms with Gasteiger partial charge in [-0.3, -0.25) is 9.59 Å². The van der Waals surface area contributed by atoms with Crippen LogP contribution in [-0.2, 0) is 0 Å². The van der Waals surface area contributed by atoms with E-state index in [9.17, 15) is 9.59 Å². The molecule has 29 heavy (non-hydrogen) atoms. The number of piperazine rings is 1. The van der Waals surface area contributed by atoms with Crippen LogP contribution in [0.2, 0.25) is 0 Å². The first-order valence-electron chi connectivity index (χ1n) is 9.52. The zero-order valence-electron chi connectivity index (χ0n) is 16.2. The van der Waals surface area contributed by atoms with Crippen LogP contribution in [0.1, 0.15) is 26.5 Å². The van der Waals surface area contributed by atoms with Crippen LogP contribution in [0.3, 0.4) is 0 Å². The molecule has 1 N–H and O–H groups in total. The Balaban J connectivity index is 1.35. The monoisotopic (exact) mass is 390 g/mol. The highest BCUT2D eigenvalue weighted by Gasteiger charge is 2.24. The van der Waals surface area contributed by atoms with Gasteiger partial charge in [0.15, 0.2) is 5.76 Å². The van der Waals surface area contributed by atoms with Crippen LogP contribution in [0, 0.1) is 6.92 Å². The fourth-order valence-corrected chi connectivity index (χ4v) is 3.38. The predicted octanol–water partition coefficient (Wildman–Crippen LogP) is 3.20. The third kappa shape index (κ3) is 4.13. The van der Waals surface area contributed by atoms with Crippen LogP contribution in [0.4, 0.5) is 11.5 Å². The van der Waals surface area contributed by atoms with E-state index < -0.39 is 0 Å². The highest BCUT2D eigenvalue weighted by atomic mass is 16.3. The van der Waals surface area contributed by atoms with Crippen molar-refractivity contribution in [3.05, 3.63) is 77.9 Å². The van der Waals surface area contributed by atoms with Gasteiger partial charge in [-0.05, 0) is 42.8 Å². The first kappa shape index (κ1) is 18.7. The zero-order valence-corrected chi connectivity index (χ0v) is 16.2. The molecule has 3 aromatic rings. The molecule has 0 bridgehead atoms. The Kier molecular flexibility index (Phi) is 5.29. The number of hydrogen-bond acceptors (Lipinski definition) is 5. The van der Waals surface area contributed by atoms with Crippen molar-refractivity contribution in [3.63, 3.8) is 0 Å². The molecule has 0 unspecified atom stereocenters. The van der Waals surface area contributed by atoms with Gasteiger partial charge in [0.1, 0.15) is 5.82 Å². The molecule has 0 aliphatic carbocycles. The fourth-order valence-electron chi connectivity index (χ4n) is 3.38. The Labute approximate surface area is 169 Å². The van der Waals surface area contributed by atoms with Crippen molar-refractivity contribution in [1.29, 1.82) is 0 Å². The van der Waals surface area contributed by atoms with E-state index in [1.165, 1.54) is 6.26 Å². The number of nitrogens with zero attached hydrogens (tertiary/aromatic N) is 3. The van der Waals surface area contributed by atoms with Gasteiger partial charge in [0.25, 0.3) is 11.8 Å². The van der Waals surface area contributed by atoms with Gasteiger partial charge < -0.3 is 19.5 Å². The number of rotatable bonds is 4. The van der Waals surface area contributed by atoms with Gasteiger partial charge in [-0.1, -0.05) is 18.2 Å². The van der Waals surface area contributed by atoms with Crippen LogP contribution in [0.15, 0.2) is 65.4 Å². The zero-order chi connectivity index (χ0) is 20.2. The van der Waals surface area contributed by atoms with Crippen molar-refractivity contribution in [2.45, 2.75) is 6.92 Å². The lowest BCUT2D eigenvalue weighted by Crippen LogP contribution is -2.48. The molecule has 0 radical (unpaired) electrons. The largest absolute Gasteiger partial charge is 0.459 e. The molecule has 4 rings (SSSR count). The second kappa shape index (κ2) is 8.18. The van der Waals surface area contributed by atoms with Crippen LogP contribution >= 0.6 is 0 Å². The SMILES string of the molecule is Cc1ccccc1C(=O)Nc1ccc(N2CCN(C(=O)c3ccco3)CC2)cn1.